The summed E-state index contributed by atoms with van der Waals surface area (Å²) in [4.78, 5) is 67.3. The summed E-state index contributed by atoms with van der Waals surface area (Å²) >= 11 is 0. The average molecular weight is 845 g/mol. The van der Waals surface area contributed by atoms with Gasteiger partial charge in [-0.05, 0) is 79.6 Å². The predicted molar refractivity (Wildman–Crippen MR) is 219 cm³/mol. The van der Waals surface area contributed by atoms with Crippen molar-refractivity contribution >= 4 is 46.2 Å². The molecule has 4 saturated heterocycles. The molecule has 6 aliphatic rings. The van der Waals surface area contributed by atoms with Gasteiger partial charge in [-0.3, -0.25) is 39.2 Å². The number of carbonyl (C=O) groups excluding carboxylic acids is 4. The number of methoxy groups -OCH3 is 1. The highest BCUT2D eigenvalue weighted by Gasteiger charge is 2.49. The molecule has 0 spiro atoms. The number of hydrogen-bond donors (Lipinski definition) is 2. The van der Waals surface area contributed by atoms with Crippen LogP contribution in [0.15, 0.2) is 60.9 Å². The molecular weight excluding hydrogens is 803 g/mol. The topological polar surface area (TPSA) is 181 Å². The lowest BCUT2D eigenvalue weighted by molar-refractivity contribution is -0.136. The standard InChI is InChI=1S/C44H42F2N10O6/c1-61-34-3-2-4-35(38(34)46)62-28-7-5-22(6-8-28)39-37-40(47)48-21-49-41(37)56(51-39)25-11-23-15-52(16-24(23)12-25)26-17-53(18-26)27-19-54(20-27)33-14-30-29(13-31(33)45)43(59)55(44(30)60)32-9-10-36(57)50-42(32)58/h2-8,13-14,21,23-27,32H,9-12,15-20H2,1H3,(H2,47,48,49)(H,50,57,58). The SMILES string of the molecule is COc1cccc(Oc2ccc(-c3nn(C4CC5CN(C6CN(C7CN(c8cc9c(cc8F)C(=O)N(C8CCC(=O)NC8=O)C9=O)C7)C6)CC5C4)c4ncnc(N)c34)cc2)c1F. The maximum absolute atomic E-state index is 15.4. The lowest BCUT2D eigenvalue weighted by atomic mass is 9.97. The van der Waals surface area contributed by atoms with Crippen molar-refractivity contribution in [1.29, 1.82) is 0 Å². The van der Waals surface area contributed by atoms with Gasteiger partial charge in [-0.15, -0.1) is 0 Å². The van der Waals surface area contributed by atoms with Gasteiger partial charge < -0.3 is 20.1 Å². The van der Waals surface area contributed by atoms with Gasteiger partial charge >= 0.3 is 0 Å². The van der Waals surface area contributed by atoms with Crippen LogP contribution in [0.1, 0.15) is 52.4 Å². The summed E-state index contributed by atoms with van der Waals surface area (Å²) < 4.78 is 43.1. The van der Waals surface area contributed by atoms with Crippen LogP contribution in [-0.2, 0) is 9.59 Å². The molecular formula is C44H42F2N10O6. The molecule has 3 aromatic carbocycles. The van der Waals surface area contributed by atoms with Gasteiger partial charge in [0.05, 0.1) is 35.4 Å². The molecule has 1 saturated carbocycles. The third-order valence-electron chi connectivity index (χ3n) is 13.8. The number of nitrogens with two attached hydrogens (primary N) is 1. The van der Waals surface area contributed by atoms with Gasteiger partial charge in [-0.25, -0.2) is 19.0 Å². The van der Waals surface area contributed by atoms with Crippen LogP contribution in [-0.4, -0.2) is 123 Å². The van der Waals surface area contributed by atoms with E-state index in [9.17, 15) is 23.6 Å². The molecule has 2 aromatic heterocycles. The smallest absolute Gasteiger partial charge is 0.262 e. The van der Waals surface area contributed by atoms with E-state index in [1.165, 1.54) is 25.6 Å². The number of nitrogens with one attached hydrogen (secondary N) is 1. The number of fused-ring (bicyclic) bond motifs is 3. The minimum absolute atomic E-state index is 0.0152. The molecule has 16 nitrogen and oxygen atoms in total. The van der Waals surface area contributed by atoms with Crippen molar-refractivity contribution in [1.82, 2.24) is 39.8 Å². The normalized spacial score (nSPS) is 24.4. The quantitative estimate of drug-likeness (QED) is 0.204. The Bertz CT molecular complexity index is 2690. The second-order valence-electron chi connectivity index (χ2n) is 17.2. The molecule has 0 radical (unpaired) electrons. The molecule has 11 rings (SSSR count). The second kappa shape index (κ2) is 14.5. The van der Waals surface area contributed by atoms with Crippen LogP contribution >= 0.6 is 0 Å². The van der Waals surface area contributed by atoms with Crippen LogP contribution in [0, 0.1) is 23.5 Å². The van der Waals surface area contributed by atoms with Crippen LogP contribution in [0.4, 0.5) is 20.3 Å². The van der Waals surface area contributed by atoms with Gasteiger partial charge in [-0.2, -0.15) is 9.49 Å². The highest BCUT2D eigenvalue weighted by molar-refractivity contribution is 6.23. The van der Waals surface area contributed by atoms with E-state index in [1.807, 2.05) is 21.7 Å². The van der Waals surface area contributed by atoms with E-state index in [0.29, 0.717) is 59.3 Å². The zero-order valence-electron chi connectivity index (χ0n) is 33.7. The van der Waals surface area contributed by atoms with Crippen molar-refractivity contribution in [3.63, 3.8) is 0 Å². The third-order valence-corrected chi connectivity index (χ3v) is 13.8. The number of carbonyl (C=O) groups is 4. The molecule has 4 amide bonds. The first kappa shape index (κ1) is 38.4. The fraction of sp³-hybridized carbons (Fsp3) is 0.386. The number of nitrogen functional groups attached to an aromatic ring is 1. The number of benzene rings is 3. The summed E-state index contributed by atoms with van der Waals surface area (Å²) in [6.07, 6.45) is 3.48. The average Bonchev–Trinajstić information content (AvgIpc) is 3.97. The number of rotatable bonds is 9. The van der Waals surface area contributed by atoms with Gasteiger partial charge in [0, 0.05) is 63.3 Å². The summed E-state index contributed by atoms with van der Waals surface area (Å²) in [5.74, 6) is -1.68. The van der Waals surface area contributed by atoms with Crippen LogP contribution < -0.4 is 25.4 Å². The molecule has 318 valence electrons. The van der Waals surface area contributed by atoms with Gasteiger partial charge in [0.1, 0.15) is 35.4 Å². The number of anilines is 2. The first-order valence-corrected chi connectivity index (χ1v) is 20.9. The molecule has 18 heteroatoms. The Balaban J connectivity index is 0.701. The van der Waals surface area contributed by atoms with E-state index in [2.05, 4.69) is 25.1 Å². The van der Waals surface area contributed by atoms with Crippen LogP contribution in [0.2, 0.25) is 0 Å². The zero-order valence-corrected chi connectivity index (χ0v) is 33.7. The highest BCUT2D eigenvalue weighted by Crippen LogP contribution is 2.47. The molecule has 62 heavy (non-hydrogen) atoms. The van der Waals surface area contributed by atoms with Crippen LogP contribution in [0.5, 0.6) is 17.2 Å². The summed E-state index contributed by atoms with van der Waals surface area (Å²) in [6.45, 7) is 5.09. The van der Waals surface area contributed by atoms with E-state index >= 15 is 4.39 Å². The molecule has 5 aliphatic heterocycles. The molecule has 5 aromatic rings. The Morgan fingerprint density at radius 2 is 1.48 bits per heavy atom. The van der Waals surface area contributed by atoms with Gasteiger partial charge in [0.25, 0.3) is 11.8 Å². The Morgan fingerprint density at radius 1 is 0.806 bits per heavy atom. The highest BCUT2D eigenvalue weighted by atomic mass is 19.1. The number of hydrogen-bond acceptors (Lipinski definition) is 13. The number of aromatic nitrogens is 4. The van der Waals surface area contributed by atoms with Crippen LogP contribution in [0.3, 0.4) is 0 Å². The van der Waals surface area contributed by atoms with E-state index in [0.717, 1.165) is 55.6 Å². The lowest BCUT2D eigenvalue weighted by Gasteiger charge is -2.54. The molecule has 3 unspecified atom stereocenters. The Hall–Kier alpha value is -6.53. The van der Waals surface area contributed by atoms with E-state index in [4.69, 9.17) is 20.3 Å². The monoisotopic (exact) mass is 844 g/mol. The zero-order chi connectivity index (χ0) is 42.6. The maximum atomic E-state index is 15.4. The second-order valence-corrected chi connectivity index (χ2v) is 17.2. The molecule has 0 bridgehead atoms. The molecule has 7 heterocycles. The van der Waals surface area contributed by atoms with Gasteiger partial charge in [0.2, 0.25) is 17.6 Å². The minimum Gasteiger partial charge on any atom is -0.494 e. The van der Waals surface area contributed by atoms with E-state index in [1.54, 1.807) is 24.3 Å². The fourth-order valence-electron chi connectivity index (χ4n) is 10.4. The number of nitrogens with zero attached hydrogens (tertiary/aromatic N) is 8. The van der Waals surface area contributed by atoms with Crippen molar-refractivity contribution in [2.45, 2.75) is 49.9 Å². The largest absolute Gasteiger partial charge is 0.494 e. The summed E-state index contributed by atoms with van der Waals surface area (Å²) in [7, 11) is 1.41. The number of piperidine rings is 1. The molecule has 1 aliphatic carbocycles. The van der Waals surface area contributed by atoms with Crippen molar-refractivity contribution < 1.29 is 37.4 Å². The first-order valence-electron chi connectivity index (χ1n) is 20.9. The van der Waals surface area contributed by atoms with Crippen LogP contribution in [0.25, 0.3) is 22.3 Å². The Kier molecular flexibility index (Phi) is 9.01. The number of likely N-dealkylation sites (tertiary alicyclic amines) is 2. The van der Waals surface area contributed by atoms with Crippen molar-refractivity contribution in [2.75, 3.05) is 57.0 Å². The Morgan fingerprint density at radius 3 is 2.19 bits per heavy atom. The predicted octanol–water partition coefficient (Wildman–Crippen LogP) is 4.01. The van der Waals surface area contributed by atoms with Gasteiger partial charge in [-0.1, -0.05) is 6.07 Å². The summed E-state index contributed by atoms with van der Waals surface area (Å²) in [6, 6.07) is 14.3. The Labute approximate surface area is 353 Å². The number of halogens is 2. The lowest BCUT2D eigenvalue weighted by Crippen LogP contribution is -2.69. The number of amides is 4. The minimum atomic E-state index is -1.10. The maximum Gasteiger partial charge on any atom is 0.262 e. The van der Waals surface area contributed by atoms with Crippen molar-refractivity contribution in [3.05, 3.63) is 83.7 Å². The molecule has 5 fully saturated rings. The van der Waals surface area contributed by atoms with Gasteiger partial charge in [0.15, 0.2) is 17.1 Å². The van der Waals surface area contributed by atoms with E-state index < -0.39 is 41.3 Å². The van der Waals surface area contributed by atoms with E-state index in [-0.39, 0.29) is 53.2 Å². The summed E-state index contributed by atoms with van der Waals surface area (Å²) in [5.41, 5.74) is 8.91. The number of imide groups is 2. The summed E-state index contributed by atoms with van der Waals surface area (Å²) in [5, 5.41) is 7.98. The molecule has 3 N–H and O–H groups in total. The fourth-order valence-corrected chi connectivity index (χ4v) is 10.4. The molecule has 3 atom stereocenters. The third kappa shape index (κ3) is 6.17. The van der Waals surface area contributed by atoms with Crippen molar-refractivity contribution in [2.24, 2.45) is 11.8 Å². The van der Waals surface area contributed by atoms with Crippen molar-refractivity contribution in [3.8, 4) is 28.5 Å². The first-order chi connectivity index (χ1) is 30.0. The number of ether oxygens (including phenoxy) is 2.